The van der Waals surface area contributed by atoms with E-state index >= 15 is 0 Å². The molecule has 0 aliphatic rings. The lowest BCUT2D eigenvalue weighted by Gasteiger charge is -2.25. The average Bonchev–Trinajstić information content (AvgIpc) is 3.54. The minimum Gasteiger partial charge on any atom is -0.455 e. The van der Waals surface area contributed by atoms with Crippen LogP contribution in [0.25, 0.3) is 76.2 Å². The molecule has 2 heteroatoms. The van der Waals surface area contributed by atoms with Crippen molar-refractivity contribution in [1.29, 1.82) is 0 Å². The zero-order chi connectivity index (χ0) is 31.6. The Morgan fingerprint density at radius 3 is 1.75 bits per heavy atom. The standard InChI is InChI=1S/C46H29NO/c1-2-10-36(11-3-1)47(38-24-27-44-43(29-38)42-26-20-32-9-5-7-13-41(32)46(42)48-44)37-22-18-30(19-23-37)34-21-25-40-35(28-34)17-16-33-15-14-31-8-4-6-12-39(31)45(33)40/h1-29H. The largest absolute Gasteiger partial charge is 0.455 e. The van der Waals surface area contributed by atoms with Crippen molar-refractivity contribution in [2.75, 3.05) is 4.90 Å². The Labute approximate surface area is 277 Å². The van der Waals surface area contributed by atoms with Crippen LogP contribution < -0.4 is 4.90 Å². The van der Waals surface area contributed by atoms with E-state index in [4.69, 9.17) is 4.42 Å². The second-order valence-corrected chi connectivity index (χ2v) is 12.6. The fourth-order valence-corrected chi connectivity index (χ4v) is 7.47. The lowest BCUT2D eigenvalue weighted by Crippen LogP contribution is -2.09. The van der Waals surface area contributed by atoms with Crippen LogP contribution in [0.2, 0.25) is 0 Å². The summed E-state index contributed by atoms with van der Waals surface area (Å²) in [6.07, 6.45) is 0. The molecule has 0 aliphatic heterocycles. The summed E-state index contributed by atoms with van der Waals surface area (Å²) in [4.78, 5) is 2.32. The summed E-state index contributed by atoms with van der Waals surface area (Å²) in [7, 11) is 0. The summed E-state index contributed by atoms with van der Waals surface area (Å²) in [6, 6.07) is 63.3. The molecule has 0 bridgehead atoms. The van der Waals surface area contributed by atoms with Crippen molar-refractivity contribution in [2.45, 2.75) is 0 Å². The van der Waals surface area contributed by atoms with Crippen LogP contribution in [0, 0.1) is 0 Å². The molecule has 0 radical (unpaired) electrons. The van der Waals surface area contributed by atoms with Crippen molar-refractivity contribution < 1.29 is 4.42 Å². The normalized spacial score (nSPS) is 11.8. The molecule has 0 fully saturated rings. The van der Waals surface area contributed by atoms with Crippen LogP contribution in [0.15, 0.2) is 180 Å². The molecule has 9 aromatic carbocycles. The highest BCUT2D eigenvalue weighted by Crippen LogP contribution is 2.41. The van der Waals surface area contributed by atoms with Gasteiger partial charge in [-0.1, -0.05) is 121 Å². The summed E-state index contributed by atoms with van der Waals surface area (Å²) in [5.41, 5.74) is 7.52. The third-order valence-electron chi connectivity index (χ3n) is 9.80. The molecule has 48 heavy (non-hydrogen) atoms. The highest BCUT2D eigenvalue weighted by atomic mass is 16.3. The van der Waals surface area contributed by atoms with E-state index in [0.717, 1.165) is 44.4 Å². The molecule has 0 spiro atoms. The first-order chi connectivity index (χ1) is 23.8. The van der Waals surface area contributed by atoms with Gasteiger partial charge in [-0.3, -0.25) is 0 Å². The third-order valence-corrected chi connectivity index (χ3v) is 9.80. The molecule has 10 rings (SSSR count). The Hall–Kier alpha value is -6.38. The maximum absolute atomic E-state index is 6.43. The first-order valence-electron chi connectivity index (χ1n) is 16.4. The van der Waals surface area contributed by atoms with E-state index in [1.165, 1.54) is 48.8 Å². The van der Waals surface area contributed by atoms with Gasteiger partial charge < -0.3 is 9.32 Å². The SMILES string of the molecule is c1ccc(N(c2ccc(-c3ccc4c(ccc5ccc6ccccc6c54)c3)cc2)c2ccc3oc4c5ccccc5ccc4c3c2)cc1. The Morgan fingerprint density at radius 2 is 0.917 bits per heavy atom. The lowest BCUT2D eigenvalue weighted by molar-refractivity contribution is 0.672. The quantitative estimate of drug-likeness (QED) is 0.184. The van der Waals surface area contributed by atoms with Gasteiger partial charge in [0.05, 0.1) is 0 Å². The Kier molecular flexibility index (Phi) is 5.91. The number of hydrogen-bond acceptors (Lipinski definition) is 2. The predicted octanol–water partition coefficient (Wildman–Crippen LogP) is 13.3. The molecular formula is C46H29NO. The topological polar surface area (TPSA) is 16.4 Å². The molecule has 2 nitrogen and oxygen atoms in total. The van der Waals surface area contributed by atoms with Gasteiger partial charge in [-0.2, -0.15) is 0 Å². The number of fused-ring (bicyclic) bond motifs is 10. The van der Waals surface area contributed by atoms with Crippen molar-refractivity contribution in [1.82, 2.24) is 0 Å². The van der Waals surface area contributed by atoms with Gasteiger partial charge in [-0.15, -0.1) is 0 Å². The predicted molar refractivity (Wildman–Crippen MR) is 204 cm³/mol. The molecule has 0 saturated carbocycles. The van der Waals surface area contributed by atoms with E-state index < -0.39 is 0 Å². The van der Waals surface area contributed by atoms with Crippen LogP contribution in [0.3, 0.4) is 0 Å². The zero-order valence-electron chi connectivity index (χ0n) is 26.1. The van der Waals surface area contributed by atoms with Gasteiger partial charge in [0.1, 0.15) is 11.2 Å². The fraction of sp³-hybridized carbons (Fsp3) is 0. The molecule has 0 amide bonds. The van der Waals surface area contributed by atoms with Gasteiger partial charge in [-0.05, 0) is 103 Å². The third kappa shape index (κ3) is 4.20. The minimum atomic E-state index is 0.894. The molecule has 1 heterocycles. The van der Waals surface area contributed by atoms with Gasteiger partial charge in [0.2, 0.25) is 0 Å². The zero-order valence-corrected chi connectivity index (χ0v) is 26.1. The summed E-state index contributed by atoms with van der Waals surface area (Å²) in [5, 5.41) is 12.3. The van der Waals surface area contributed by atoms with E-state index in [0.29, 0.717) is 0 Å². The molecule has 1 aromatic heterocycles. The summed E-state index contributed by atoms with van der Waals surface area (Å²) >= 11 is 0. The van der Waals surface area contributed by atoms with Gasteiger partial charge in [0, 0.05) is 33.2 Å². The van der Waals surface area contributed by atoms with Crippen LogP contribution in [0.5, 0.6) is 0 Å². The van der Waals surface area contributed by atoms with Crippen LogP contribution in [0.1, 0.15) is 0 Å². The van der Waals surface area contributed by atoms with E-state index in [9.17, 15) is 0 Å². The molecule has 0 atom stereocenters. The van der Waals surface area contributed by atoms with Crippen LogP contribution in [-0.4, -0.2) is 0 Å². The number of nitrogens with zero attached hydrogens (tertiary/aromatic N) is 1. The maximum Gasteiger partial charge on any atom is 0.143 e. The second-order valence-electron chi connectivity index (χ2n) is 12.6. The molecule has 0 aliphatic carbocycles. The fourth-order valence-electron chi connectivity index (χ4n) is 7.47. The smallest absolute Gasteiger partial charge is 0.143 e. The average molecular weight is 612 g/mol. The molecule has 10 aromatic rings. The number of hydrogen-bond donors (Lipinski definition) is 0. The van der Waals surface area contributed by atoms with Crippen LogP contribution >= 0.6 is 0 Å². The highest BCUT2D eigenvalue weighted by Gasteiger charge is 2.17. The number of benzene rings is 9. The van der Waals surface area contributed by atoms with Gasteiger partial charge in [-0.25, -0.2) is 0 Å². The van der Waals surface area contributed by atoms with E-state index in [-0.39, 0.29) is 0 Å². The lowest BCUT2D eigenvalue weighted by atomic mass is 9.94. The van der Waals surface area contributed by atoms with Crippen LogP contribution in [-0.2, 0) is 0 Å². The van der Waals surface area contributed by atoms with Crippen molar-refractivity contribution in [2.24, 2.45) is 0 Å². The Morgan fingerprint density at radius 1 is 0.333 bits per heavy atom. The summed E-state index contributed by atoms with van der Waals surface area (Å²) in [5.74, 6) is 0. The van der Waals surface area contributed by atoms with Gasteiger partial charge >= 0.3 is 0 Å². The Bertz CT molecular complexity index is 2830. The van der Waals surface area contributed by atoms with Crippen molar-refractivity contribution in [3.8, 4) is 11.1 Å². The second kappa shape index (κ2) is 10.6. The van der Waals surface area contributed by atoms with Gasteiger partial charge in [0.25, 0.3) is 0 Å². The summed E-state index contributed by atoms with van der Waals surface area (Å²) < 4.78 is 6.43. The molecule has 224 valence electrons. The molecule has 0 N–H and O–H groups in total. The van der Waals surface area contributed by atoms with Gasteiger partial charge in [0.15, 0.2) is 0 Å². The Balaban J connectivity index is 1.07. The monoisotopic (exact) mass is 611 g/mol. The highest BCUT2D eigenvalue weighted by molar-refractivity contribution is 6.20. The molecule has 0 unspecified atom stereocenters. The van der Waals surface area contributed by atoms with E-state index in [1.807, 2.05) is 0 Å². The first kappa shape index (κ1) is 26.8. The van der Waals surface area contributed by atoms with Crippen molar-refractivity contribution in [3.05, 3.63) is 176 Å². The van der Waals surface area contributed by atoms with Crippen LogP contribution in [0.4, 0.5) is 17.1 Å². The van der Waals surface area contributed by atoms with Crippen molar-refractivity contribution >= 4 is 82.1 Å². The number of anilines is 3. The maximum atomic E-state index is 6.43. The van der Waals surface area contributed by atoms with E-state index in [2.05, 4.69) is 181 Å². The van der Waals surface area contributed by atoms with E-state index in [1.54, 1.807) is 0 Å². The summed E-state index contributed by atoms with van der Waals surface area (Å²) in [6.45, 7) is 0. The van der Waals surface area contributed by atoms with Crippen molar-refractivity contribution in [3.63, 3.8) is 0 Å². The number of furan rings is 1. The molecular weight excluding hydrogens is 583 g/mol. The number of para-hydroxylation sites is 1. The molecule has 0 saturated heterocycles. The minimum absolute atomic E-state index is 0.894. The number of rotatable bonds is 4. The first-order valence-corrected chi connectivity index (χ1v) is 16.4.